The van der Waals surface area contributed by atoms with Crippen LogP contribution in [0.3, 0.4) is 0 Å². The first-order valence-corrected chi connectivity index (χ1v) is 9.69. The summed E-state index contributed by atoms with van der Waals surface area (Å²) < 4.78 is 11.4. The number of rotatable bonds is 4. The predicted molar refractivity (Wildman–Crippen MR) is 111 cm³/mol. The topological polar surface area (TPSA) is 38.7 Å². The van der Waals surface area contributed by atoms with Gasteiger partial charge in [-0.15, -0.1) is 0 Å². The van der Waals surface area contributed by atoms with Gasteiger partial charge in [0.15, 0.2) is 11.9 Å². The fraction of sp³-hybridized carbons (Fsp3) is 0.111. The van der Waals surface area contributed by atoms with Gasteiger partial charge in [-0.25, -0.2) is 0 Å². The number of ether oxygens (including phenoxy) is 2. The van der Waals surface area contributed by atoms with Gasteiger partial charge in [0, 0.05) is 10.0 Å². The molecule has 3 rings (SSSR count). The van der Waals surface area contributed by atoms with E-state index >= 15 is 0 Å². The van der Waals surface area contributed by atoms with E-state index in [1.807, 2.05) is 0 Å². The summed E-state index contributed by atoms with van der Waals surface area (Å²) in [5, 5.41) is 10.5. The maximum atomic E-state index is 10.8. The molecule has 0 saturated carbocycles. The summed E-state index contributed by atoms with van der Waals surface area (Å²) in [5.74, 6) is 0.428. The van der Waals surface area contributed by atoms with Crippen molar-refractivity contribution in [1.29, 1.82) is 0 Å². The molecule has 0 heterocycles. The van der Waals surface area contributed by atoms with Crippen LogP contribution in [0, 0.1) is 0 Å². The summed E-state index contributed by atoms with van der Waals surface area (Å²) in [6.07, 6.45) is 1.38. The molecule has 1 aliphatic rings. The van der Waals surface area contributed by atoms with Gasteiger partial charge < -0.3 is 14.6 Å². The highest BCUT2D eigenvalue weighted by molar-refractivity contribution is 6.36. The van der Waals surface area contributed by atoms with Crippen molar-refractivity contribution in [3.63, 3.8) is 0 Å². The molecule has 27 heavy (non-hydrogen) atoms. The third-order valence-electron chi connectivity index (χ3n) is 3.59. The molecule has 1 N–H and O–H groups in total. The second-order valence-electron chi connectivity index (χ2n) is 5.50. The van der Waals surface area contributed by atoms with Crippen LogP contribution in [-0.2, 0) is 0 Å². The summed E-state index contributed by atoms with van der Waals surface area (Å²) in [6.45, 7) is 0. The Morgan fingerprint density at radius 1 is 0.852 bits per heavy atom. The lowest BCUT2D eigenvalue weighted by molar-refractivity contribution is 0.0348. The average Bonchev–Trinajstić information content (AvgIpc) is 2.60. The highest BCUT2D eigenvalue weighted by atomic mass is 35.5. The minimum absolute atomic E-state index is 0.0384. The van der Waals surface area contributed by atoms with Crippen molar-refractivity contribution in [2.45, 2.75) is 11.2 Å². The quantitative estimate of drug-likeness (QED) is 0.469. The Morgan fingerprint density at radius 2 is 1.41 bits per heavy atom. The predicted octanol–water partition coefficient (Wildman–Crippen LogP) is 7.07. The summed E-state index contributed by atoms with van der Waals surface area (Å²) in [4.78, 5) is 0. The molecule has 0 fully saturated rings. The molecule has 0 amide bonds. The second kappa shape index (κ2) is 8.30. The van der Waals surface area contributed by atoms with Crippen LogP contribution >= 0.6 is 69.6 Å². The Bertz CT molecular complexity index is 943. The molecule has 0 saturated heterocycles. The van der Waals surface area contributed by atoms with Crippen LogP contribution in [0.15, 0.2) is 59.3 Å². The molecule has 142 valence electrons. The van der Waals surface area contributed by atoms with E-state index < -0.39 is 11.2 Å². The highest BCUT2D eigenvalue weighted by Crippen LogP contribution is 2.41. The molecule has 0 aromatic heterocycles. The lowest BCUT2D eigenvalue weighted by atomic mass is 10.1. The maximum absolute atomic E-state index is 10.8. The van der Waals surface area contributed by atoms with Crippen LogP contribution in [-0.4, -0.2) is 16.3 Å². The third kappa shape index (κ3) is 4.63. The molecular weight excluding hydrogens is 477 g/mol. The molecule has 0 aliphatic heterocycles. The van der Waals surface area contributed by atoms with E-state index in [-0.39, 0.29) is 32.3 Å². The number of halogens is 6. The highest BCUT2D eigenvalue weighted by Gasteiger charge is 2.43. The van der Waals surface area contributed by atoms with Crippen molar-refractivity contribution in [2.75, 3.05) is 0 Å². The molecule has 0 bridgehead atoms. The number of alkyl halides is 1. The van der Waals surface area contributed by atoms with Crippen LogP contribution in [0.5, 0.6) is 11.5 Å². The lowest BCUT2D eigenvalue weighted by Crippen LogP contribution is -2.45. The van der Waals surface area contributed by atoms with Gasteiger partial charge in [0.05, 0.1) is 15.1 Å². The number of hydrogen-bond donors (Lipinski definition) is 1. The van der Waals surface area contributed by atoms with Crippen molar-refractivity contribution in [1.82, 2.24) is 0 Å². The molecule has 2 atom stereocenters. The van der Waals surface area contributed by atoms with Crippen molar-refractivity contribution >= 4 is 69.6 Å². The van der Waals surface area contributed by atoms with Gasteiger partial charge in [-0.2, -0.15) is 0 Å². The zero-order valence-electron chi connectivity index (χ0n) is 13.2. The number of allylic oxidation sites excluding steroid dienone is 2. The van der Waals surface area contributed by atoms with Crippen molar-refractivity contribution in [2.24, 2.45) is 0 Å². The van der Waals surface area contributed by atoms with E-state index in [0.717, 1.165) is 0 Å². The van der Waals surface area contributed by atoms with E-state index in [1.54, 1.807) is 18.2 Å². The zero-order valence-corrected chi connectivity index (χ0v) is 17.8. The van der Waals surface area contributed by atoms with E-state index in [2.05, 4.69) is 0 Å². The first kappa shape index (κ1) is 20.9. The summed E-state index contributed by atoms with van der Waals surface area (Å²) in [6, 6.07) is 9.22. The molecule has 1 aliphatic carbocycles. The Hall–Kier alpha value is -0.780. The van der Waals surface area contributed by atoms with Gasteiger partial charge in [0.2, 0.25) is 5.06 Å². The fourth-order valence-electron chi connectivity index (χ4n) is 2.27. The summed E-state index contributed by atoms with van der Waals surface area (Å²) in [5.41, 5.74) is 0. The molecule has 9 heteroatoms. The summed E-state index contributed by atoms with van der Waals surface area (Å²) >= 11 is 36.6. The molecule has 0 radical (unpaired) electrons. The van der Waals surface area contributed by atoms with E-state index in [4.69, 9.17) is 79.1 Å². The standard InChI is InChI=1S/C18H10Cl6O3/c19-9-1-3-14(12(22)7-9)26-16-11(21)5-6-18(24,17(16)25)27-15-4-2-10(20)8-13(15)23/h1-8,17,25H. The fourth-order valence-corrected chi connectivity index (χ4v) is 3.61. The number of benzene rings is 2. The van der Waals surface area contributed by atoms with Crippen molar-refractivity contribution in [3.05, 3.63) is 79.4 Å². The van der Waals surface area contributed by atoms with Gasteiger partial charge in [-0.3, -0.25) is 0 Å². The average molecular weight is 487 g/mol. The number of aliphatic hydroxyl groups excluding tert-OH is 1. The smallest absolute Gasteiger partial charge is 0.234 e. The largest absolute Gasteiger partial charge is 0.463 e. The Labute approximate surface area is 185 Å². The minimum Gasteiger partial charge on any atom is -0.463 e. The van der Waals surface area contributed by atoms with E-state index in [0.29, 0.717) is 10.0 Å². The first-order chi connectivity index (χ1) is 12.7. The van der Waals surface area contributed by atoms with Crippen molar-refractivity contribution in [3.8, 4) is 11.5 Å². The third-order valence-corrected chi connectivity index (χ3v) is 5.37. The summed E-state index contributed by atoms with van der Waals surface area (Å²) in [7, 11) is 0. The lowest BCUT2D eigenvalue weighted by Gasteiger charge is -2.34. The van der Waals surface area contributed by atoms with Crippen molar-refractivity contribution < 1.29 is 14.6 Å². The minimum atomic E-state index is -1.72. The molecule has 2 aromatic carbocycles. The van der Waals surface area contributed by atoms with Crippen LogP contribution < -0.4 is 9.47 Å². The molecule has 0 spiro atoms. The van der Waals surface area contributed by atoms with E-state index in [1.165, 1.54) is 30.4 Å². The van der Waals surface area contributed by atoms with E-state index in [9.17, 15) is 5.11 Å². The van der Waals surface area contributed by atoms with Gasteiger partial charge in [0.25, 0.3) is 0 Å². The maximum Gasteiger partial charge on any atom is 0.234 e. The molecular formula is C18H10Cl6O3. The molecule has 3 nitrogen and oxygen atoms in total. The molecule has 2 unspecified atom stereocenters. The monoisotopic (exact) mass is 484 g/mol. The molecule has 2 aromatic rings. The Morgan fingerprint density at radius 3 is 1.96 bits per heavy atom. The number of hydrogen-bond acceptors (Lipinski definition) is 3. The van der Waals surface area contributed by atoms with Crippen LogP contribution in [0.2, 0.25) is 20.1 Å². The van der Waals surface area contributed by atoms with Gasteiger partial charge >= 0.3 is 0 Å². The van der Waals surface area contributed by atoms with Gasteiger partial charge in [0.1, 0.15) is 11.5 Å². The van der Waals surface area contributed by atoms with Gasteiger partial charge in [-0.05, 0) is 48.6 Å². The van der Waals surface area contributed by atoms with Gasteiger partial charge in [-0.1, -0.05) is 69.6 Å². The second-order valence-corrected chi connectivity index (χ2v) is 8.18. The first-order valence-electron chi connectivity index (χ1n) is 7.42. The Kier molecular flexibility index (Phi) is 6.44. The van der Waals surface area contributed by atoms with Crippen LogP contribution in [0.25, 0.3) is 0 Å². The van der Waals surface area contributed by atoms with Crippen LogP contribution in [0.1, 0.15) is 0 Å². The van der Waals surface area contributed by atoms with Crippen LogP contribution in [0.4, 0.5) is 0 Å². The number of aliphatic hydroxyl groups is 1. The SMILES string of the molecule is OC1C(Oc2ccc(Cl)cc2Cl)=C(Cl)C=CC1(Cl)Oc1ccc(Cl)cc1Cl. The zero-order chi connectivity index (χ0) is 19.8. The Balaban J connectivity index is 1.89. The normalized spacial score (nSPS) is 22.1.